The van der Waals surface area contributed by atoms with Crippen LogP contribution in [0.15, 0.2) is 78.9 Å². The summed E-state index contributed by atoms with van der Waals surface area (Å²) < 4.78 is 31.7. The summed E-state index contributed by atoms with van der Waals surface area (Å²) in [5, 5.41) is 10.6. The molecule has 38 heavy (non-hydrogen) atoms. The predicted octanol–water partition coefficient (Wildman–Crippen LogP) is 6.77. The second kappa shape index (κ2) is 11.5. The Kier molecular flexibility index (Phi) is 8.13. The highest BCUT2D eigenvalue weighted by atomic mass is 32.1. The van der Waals surface area contributed by atoms with Crippen LogP contribution in [0.4, 0.5) is 18.9 Å². The van der Waals surface area contributed by atoms with Crippen LogP contribution in [-0.2, 0) is 17.9 Å². The van der Waals surface area contributed by atoms with Gasteiger partial charge in [0.2, 0.25) is 0 Å². The van der Waals surface area contributed by atoms with Crippen LogP contribution < -0.4 is 11.1 Å². The number of carboxylic acid groups (broad SMARTS) is 1. The van der Waals surface area contributed by atoms with E-state index in [9.17, 15) is 13.2 Å². The third-order valence-corrected chi connectivity index (χ3v) is 6.76. The molecule has 0 amide bonds. The number of carbonyl (C=O) groups is 1. The Bertz CT molecular complexity index is 1560. The van der Waals surface area contributed by atoms with Crippen LogP contribution in [0.25, 0.3) is 32.2 Å². The number of aryl methyl sites for hydroxylation is 1. The van der Waals surface area contributed by atoms with Crippen molar-refractivity contribution in [1.29, 1.82) is 0 Å². The number of nitrogens with zero attached hydrogens (tertiary/aromatic N) is 1. The largest absolute Gasteiger partial charge is 0.490 e. The number of alkyl halides is 3. The van der Waals surface area contributed by atoms with Gasteiger partial charge in [-0.05, 0) is 65.6 Å². The molecule has 0 saturated carbocycles. The van der Waals surface area contributed by atoms with Crippen molar-refractivity contribution in [3.63, 3.8) is 0 Å². The lowest BCUT2D eigenvalue weighted by atomic mass is 10.1. The molecule has 0 aliphatic carbocycles. The van der Waals surface area contributed by atoms with Crippen molar-refractivity contribution in [2.24, 2.45) is 0 Å². The second-order valence-electron chi connectivity index (χ2n) is 8.57. The SMILES string of the molecule is Cc1cccc2[nH]c(-c3ccc(-c4cccc(CNCc5cccc(N)c5)c4)s3)nc12.O=C(O)C(F)(F)F. The third kappa shape index (κ3) is 6.78. The van der Waals surface area contributed by atoms with Crippen LogP contribution >= 0.6 is 11.3 Å². The lowest BCUT2D eigenvalue weighted by molar-refractivity contribution is -0.192. The van der Waals surface area contributed by atoms with E-state index < -0.39 is 12.1 Å². The fraction of sp³-hybridized carbons (Fsp3) is 0.143. The van der Waals surface area contributed by atoms with E-state index in [4.69, 9.17) is 20.6 Å². The lowest BCUT2D eigenvalue weighted by Crippen LogP contribution is -2.21. The zero-order chi connectivity index (χ0) is 27.3. The van der Waals surface area contributed by atoms with E-state index >= 15 is 0 Å². The van der Waals surface area contributed by atoms with Crippen molar-refractivity contribution in [3.8, 4) is 21.1 Å². The summed E-state index contributed by atoms with van der Waals surface area (Å²) >= 11 is 1.76. The first kappa shape index (κ1) is 26.9. The molecule has 0 bridgehead atoms. The number of hydrogen-bond donors (Lipinski definition) is 4. The van der Waals surface area contributed by atoms with E-state index in [1.165, 1.54) is 27.1 Å². The quantitative estimate of drug-likeness (QED) is 0.179. The van der Waals surface area contributed by atoms with Crippen LogP contribution in [0, 0.1) is 6.92 Å². The van der Waals surface area contributed by atoms with Gasteiger partial charge in [0.05, 0.1) is 15.9 Å². The number of carboxylic acids is 1. The van der Waals surface area contributed by atoms with Crippen molar-refractivity contribution in [3.05, 3.63) is 95.6 Å². The summed E-state index contributed by atoms with van der Waals surface area (Å²) in [6.45, 7) is 3.70. The Labute approximate surface area is 221 Å². The fourth-order valence-electron chi connectivity index (χ4n) is 3.80. The van der Waals surface area contributed by atoms with Crippen molar-refractivity contribution < 1.29 is 23.1 Å². The smallest absolute Gasteiger partial charge is 0.475 e. The molecule has 0 unspecified atom stereocenters. The monoisotopic (exact) mass is 538 g/mol. The van der Waals surface area contributed by atoms with Crippen molar-refractivity contribution >= 4 is 34.0 Å². The van der Waals surface area contributed by atoms with E-state index in [-0.39, 0.29) is 0 Å². The van der Waals surface area contributed by atoms with E-state index in [0.717, 1.165) is 40.5 Å². The maximum absolute atomic E-state index is 10.6. The van der Waals surface area contributed by atoms with E-state index in [1.807, 2.05) is 18.2 Å². The number of hydrogen-bond acceptors (Lipinski definition) is 5. The minimum absolute atomic E-state index is 0.796. The molecule has 5 N–H and O–H groups in total. The molecule has 0 aliphatic rings. The molecule has 0 aliphatic heterocycles. The number of nitrogens with one attached hydrogen (secondary N) is 2. The molecular weight excluding hydrogens is 513 g/mol. The number of H-pyrrole nitrogens is 1. The molecule has 0 spiro atoms. The van der Waals surface area contributed by atoms with E-state index in [0.29, 0.717) is 0 Å². The Morgan fingerprint density at radius 1 is 0.974 bits per heavy atom. The minimum Gasteiger partial charge on any atom is -0.475 e. The Hall–Kier alpha value is -4.15. The van der Waals surface area contributed by atoms with Crippen LogP contribution in [-0.4, -0.2) is 27.2 Å². The van der Waals surface area contributed by atoms with Crippen molar-refractivity contribution in [2.45, 2.75) is 26.2 Å². The van der Waals surface area contributed by atoms with Crippen molar-refractivity contribution in [2.75, 3.05) is 5.73 Å². The lowest BCUT2D eigenvalue weighted by Gasteiger charge is -2.07. The number of fused-ring (bicyclic) bond motifs is 1. The normalized spacial score (nSPS) is 11.3. The molecule has 10 heteroatoms. The number of aromatic nitrogens is 2. The number of aromatic amines is 1. The second-order valence-corrected chi connectivity index (χ2v) is 9.66. The van der Waals surface area contributed by atoms with Crippen molar-refractivity contribution in [1.82, 2.24) is 15.3 Å². The van der Waals surface area contributed by atoms with E-state index in [2.05, 4.69) is 77.9 Å². The number of halogens is 3. The molecule has 6 nitrogen and oxygen atoms in total. The maximum Gasteiger partial charge on any atom is 0.490 e. The van der Waals surface area contributed by atoms with Gasteiger partial charge in [-0.2, -0.15) is 13.2 Å². The molecule has 196 valence electrons. The highest BCUT2D eigenvalue weighted by Gasteiger charge is 2.38. The van der Waals surface area contributed by atoms with Gasteiger partial charge in [0.15, 0.2) is 0 Å². The van der Waals surface area contributed by atoms with Gasteiger partial charge in [-0.15, -0.1) is 11.3 Å². The zero-order valence-electron chi connectivity index (χ0n) is 20.3. The molecular formula is C28H25F3N4O2S. The molecule has 0 fully saturated rings. The average Bonchev–Trinajstić information content (AvgIpc) is 3.53. The van der Waals surface area contributed by atoms with Gasteiger partial charge in [0.25, 0.3) is 0 Å². The molecule has 0 atom stereocenters. The molecule has 2 heterocycles. The molecule has 5 aromatic rings. The summed E-state index contributed by atoms with van der Waals surface area (Å²) in [6, 6.07) is 27.3. The molecule has 0 saturated heterocycles. The predicted molar refractivity (Wildman–Crippen MR) is 145 cm³/mol. The summed E-state index contributed by atoms with van der Waals surface area (Å²) in [5.74, 6) is -1.83. The summed E-state index contributed by atoms with van der Waals surface area (Å²) in [4.78, 5) is 19.6. The van der Waals surface area contributed by atoms with Gasteiger partial charge in [0, 0.05) is 23.7 Å². The van der Waals surface area contributed by atoms with Gasteiger partial charge in [-0.1, -0.05) is 42.5 Å². The Morgan fingerprint density at radius 2 is 1.61 bits per heavy atom. The first-order chi connectivity index (χ1) is 18.1. The first-order valence-electron chi connectivity index (χ1n) is 11.6. The number of thiophene rings is 1. The summed E-state index contributed by atoms with van der Waals surface area (Å²) in [7, 11) is 0. The summed E-state index contributed by atoms with van der Waals surface area (Å²) in [6.07, 6.45) is -5.08. The van der Waals surface area contributed by atoms with Crippen LogP contribution in [0.1, 0.15) is 16.7 Å². The van der Waals surface area contributed by atoms with Gasteiger partial charge < -0.3 is 21.1 Å². The first-order valence-corrected chi connectivity index (χ1v) is 12.4. The number of nitrogens with two attached hydrogens (primary N) is 1. The number of para-hydroxylation sites is 1. The van der Waals surface area contributed by atoms with Crippen LogP contribution in [0.3, 0.4) is 0 Å². The molecule has 0 radical (unpaired) electrons. The number of imidazole rings is 1. The van der Waals surface area contributed by atoms with Gasteiger partial charge >= 0.3 is 12.1 Å². The summed E-state index contributed by atoms with van der Waals surface area (Å²) in [5.41, 5.74) is 13.7. The number of aliphatic carboxylic acids is 1. The Morgan fingerprint density at radius 3 is 2.26 bits per heavy atom. The fourth-order valence-corrected chi connectivity index (χ4v) is 4.75. The number of rotatable bonds is 6. The molecule has 2 aromatic heterocycles. The zero-order valence-corrected chi connectivity index (χ0v) is 21.2. The van der Waals surface area contributed by atoms with E-state index in [1.54, 1.807) is 11.3 Å². The number of anilines is 1. The third-order valence-electron chi connectivity index (χ3n) is 5.62. The maximum atomic E-state index is 10.6. The average molecular weight is 539 g/mol. The number of nitrogen functional groups attached to an aromatic ring is 1. The van der Waals surface area contributed by atoms with Gasteiger partial charge in [-0.3, -0.25) is 0 Å². The standard InChI is InChI=1S/C26H24N4S.C2HF3O2/c1-17-5-2-10-22-25(17)30-26(29-22)24-12-11-23(31-24)20-8-3-6-18(13-20)15-28-16-19-7-4-9-21(27)14-19;3-2(4,5)1(6)7/h2-14,28H,15-16,27H2,1H3,(H,29,30);(H,6,7). The van der Waals surface area contributed by atoms with Crippen LogP contribution in [0.2, 0.25) is 0 Å². The topological polar surface area (TPSA) is 104 Å². The van der Waals surface area contributed by atoms with Crippen LogP contribution in [0.5, 0.6) is 0 Å². The van der Waals surface area contributed by atoms with Gasteiger partial charge in [0.1, 0.15) is 5.82 Å². The highest BCUT2D eigenvalue weighted by molar-refractivity contribution is 7.18. The highest BCUT2D eigenvalue weighted by Crippen LogP contribution is 2.34. The van der Waals surface area contributed by atoms with Gasteiger partial charge in [-0.25, -0.2) is 9.78 Å². The molecule has 3 aromatic carbocycles. The Balaban J connectivity index is 0.000000426. The number of benzene rings is 3. The molecule has 5 rings (SSSR count). The minimum atomic E-state index is -5.08.